The number of hydrogen-bond donors (Lipinski definition) is 2. The number of ether oxygens (including phenoxy) is 4. The summed E-state index contributed by atoms with van der Waals surface area (Å²) in [5, 5.41) is 7.50. The van der Waals surface area contributed by atoms with E-state index in [1.807, 2.05) is 0 Å². The zero-order valence-corrected chi connectivity index (χ0v) is 22.9. The Morgan fingerprint density at radius 3 is 2.82 bits per heavy atom. The Kier molecular flexibility index (Phi) is 9.42. The minimum Gasteiger partial charge on any atom is -0.465 e. The lowest BCUT2D eigenvalue weighted by Gasteiger charge is -2.50. The van der Waals surface area contributed by atoms with Crippen LogP contribution in [0.4, 0.5) is 0 Å². The zero-order chi connectivity index (χ0) is 26.8. The fourth-order valence-electron chi connectivity index (χ4n) is 7.10. The second-order valence-electron chi connectivity index (χ2n) is 11.5. The van der Waals surface area contributed by atoms with E-state index in [2.05, 4.69) is 47.8 Å². The standard InChI is InChI=1S/C29H43N3O6.CH4/c1-4-17-35-24(33)12-9-18-36-26(34)25-23-14-13-21-19-28(15-7-6-11-22(5-2)38-28)30-27(32(21)23)31-29(25)16-8-10-20(3)37-29;/h4,6,11,20-23,25H,1,5,7-10,12-19H2,2-3H3,(H,30,31);1H4/p+1/t20-,21+,22+,23-,25-,28+,29-;/m1./s1. The lowest BCUT2D eigenvalue weighted by atomic mass is 9.80. The van der Waals surface area contributed by atoms with Gasteiger partial charge in [0, 0.05) is 25.7 Å². The second-order valence-corrected chi connectivity index (χ2v) is 11.5. The van der Waals surface area contributed by atoms with Gasteiger partial charge in [0.25, 0.3) is 0 Å². The fourth-order valence-corrected chi connectivity index (χ4v) is 7.10. The van der Waals surface area contributed by atoms with Crippen LogP contribution in [0, 0.1) is 5.92 Å². The Bertz CT molecular complexity index is 982. The van der Waals surface area contributed by atoms with E-state index < -0.39 is 17.4 Å². The number of nitrogens with zero attached hydrogens (tertiary/aromatic N) is 1. The predicted molar refractivity (Wildman–Crippen MR) is 148 cm³/mol. The molecule has 9 nitrogen and oxygen atoms in total. The molecular formula is C30H48N3O6+. The van der Waals surface area contributed by atoms with Crippen LogP contribution < -0.4 is 10.6 Å². The highest BCUT2D eigenvalue weighted by molar-refractivity contribution is 5.82. The van der Waals surface area contributed by atoms with Gasteiger partial charge in [0.05, 0.1) is 30.9 Å². The first-order chi connectivity index (χ1) is 18.4. The maximum Gasteiger partial charge on any atom is 0.350 e. The Balaban J connectivity index is 0.00000353. The normalized spacial score (nSPS) is 36.7. The van der Waals surface area contributed by atoms with E-state index in [-0.39, 0.29) is 63.3 Å². The molecule has 2 spiro atoms. The topological polar surface area (TPSA) is 98.1 Å². The molecule has 9 heteroatoms. The molecule has 2 fully saturated rings. The first kappa shape index (κ1) is 29.6. The van der Waals surface area contributed by atoms with E-state index in [0.717, 1.165) is 63.7 Å². The molecule has 0 saturated carbocycles. The Morgan fingerprint density at radius 1 is 1.21 bits per heavy atom. The van der Waals surface area contributed by atoms with E-state index in [4.69, 9.17) is 18.9 Å². The van der Waals surface area contributed by atoms with Crippen LogP contribution in [0.3, 0.4) is 0 Å². The predicted octanol–water partition coefficient (Wildman–Crippen LogP) is 3.91. The number of esters is 2. The number of carbonyl (C=O) groups excluding carboxylic acids is 2. The van der Waals surface area contributed by atoms with Crippen LogP contribution in [0.15, 0.2) is 24.8 Å². The smallest absolute Gasteiger partial charge is 0.350 e. The van der Waals surface area contributed by atoms with Gasteiger partial charge < -0.3 is 18.9 Å². The van der Waals surface area contributed by atoms with Crippen molar-refractivity contribution < 1.29 is 33.1 Å². The van der Waals surface area contributed by atoms with Gasteiger partial charge in [0.1, 0.15) is 6.61 Å². The number of carbonyl (C=O) groups is 2. The van der Waals surface area contributed by atoms with Crippen LogP contribution in [0.5, 0.6) is 0 Å². The van der Waals surface area contributed by atoms with Gasteiger partial charge in [-0.1, -0.05) is 39.2 Å². The molecule has 5 aliphatic rings. The van der Waals surface area contributed by atoms with Gasteiger partial charge in [-0.25, -0.2) is 10.6 Å². The van der Waals surface area contributed by atoms with Gasteiger partial charge in [0.2, 0.25) is 5.72 Å². The van der Waals surface area contributed by atoms with Gasteiger partial charge in [-0.05, 0) is 51.9 Å². The van der Waals surface area contributed by atoms with Gasteiger partial charge in [-0.3, -0.25) is 14.2 Å². The molecule has 0 aromatic heterocycles. The molecule has 0 unspecified atom stereocenters. The Labute approximate surface area is 233 Å². The van der Waals surface area contributed by atoms with Gasteiger partial charge in [0.15, 0.2) is 11.6 Å². The molecule has 39 heavy (non-hydrogen) atoms. The summed E-state index contributed by atoms with van der Waals surface area (Å²) < 4.78 is 26.6. The number of nitrogens with one attached hydrogen (secondary N) is 2. The SMILES string of the molecule is C.C=CCOC(=O)CCCOC(=O)[C@H]1[C@H]2CC[C@H]3C[C@@]4(CCC=C[C@H](CC)O4)NC(=[N+]32)N[C@@]12CCC[C@@H](C)O2. The summed E-state index contributed by atoms with van der Waals surface area (Å²) in [6, 6.07) is 0.273. The molecular weight excluding hydrogens is 498 g/mol. The molecule has 5 heterocycles. The van der Waals surface area contributed by atoms with Crippen molar-refractivity contribution in [3.8, 4) is 0 Å². The molecule has 0 radical (unpaired) electrons. The maximum absolute atomic E-state index is 13.7. The molecule has 7 atom stereocenters. The van der Waals surface area contributed by atoms with Gasteiger partial charge >= 0.3 is 17.9 Å². The van der Waals surface area contributed by atoms with E-state index in [1.165, 1.54) is 6.08 Å². The van der Waals surface area contributed by atoms with Crippen molar-refractivity contribution in [2.24, 2.45) is 5.92 Å². The first-order valence-electron chi connectivity index (χ1n) is 14.6. The molecule has 2 N–H and O–H groups in total. The molecule has 0 aromatic carbocycles. The third-order valence-electron chi connectivity index (χ3n) is 8.73. The van der Waals surface area contributed by atoms with Crippen LogP contribution >= 0.6 is 0 Å². The highest BCUT2D eigenvalue weighted by Crippen LogP contribution is 2.45. The van der Waals surface area contributed by atoms with Crippen molar-refractivity contribution >= 4 is 17.9 Å². The summed E-state index contributed by atoms with van der Waals surface area (Å²) in [4.78, 5) is 25.5. The summed E-state index contributed by atoms with van der Waals surface area (Å²) in [7, 11) is 0. The lowest BCUT2D eigenvalue weighted by molar-refractivity contribution is -0.609. The summed E-state index contributed by atoms with van der Waals surface area (Å²) >= 11 is 0. The molecule has 0 amide bonds. The van der Waals surface area contributed by atoms with Crippen molar-refractivity contribution in [1.29, 1.82) is 0 Å². The number of guanidine groups is 1. The molecule has 2 saturated heterocycles. The second kappa shape index (κ2) is 12.4. The van der Waals surface area contributed by atoms with E-state index >= 15 is 0 Å². The molecule has 5 aliphatic heterocycles. The van der Waals surface area contributed by atoms with Crippen LogP contribution in [0.2, 0.25) is 0 Å². The van der Waals surface area contributed by atoms with Crippen LogP contribution in [0.25, 0.3) is 0 Å². The average Bonchev–Trinajstić information content (AvgIpc) is 3.19. The van der Waals surface area contributed by atoms with E-state index in [0.29, 0.717) is 6.42 Å². The minimum absolute atomic E-state index is 0. The first-order valence-corrected chi connectivity index (χ1v) is 14.6. The fraction of sp³-hybridized carbons (Fsp3) is 0.767. The summed E-state index contributed by atoms with van der Waals surface area (Å²) in [6.45, 7) is 8.16. The largest absolute Gasteiger partial charge is 0.465 e. The summed E-state index contributed by atoms with van der Waals surface area (Å²) in [5.41, 5.74) is -1.26. The maximum atomic E-state index is 13.7. The highest BCUT2D eigenvalue weighted by atomic mass is 16.6. The highest BCUT2D eigenvalue weighted by Gasteiger charge is 2.64. The molecule has 0 bridgehead atoms. The van der Waals surface area contributed by atoms with Crippen molar-refractivity contribution in [3.05, 3.63) is 24.8 Å². The summed E-state index contributed by atoms with van der Waals surface area (Å²) in [5.74, 6) is -0.0862. The number of allylic oxidation sites excluding steroid dienone is 1. The zero-order valence-electron chi connectivity index (χ0n) is 22.9. The van der Waals surface area contributed by atoms with Crippen molar-refractivity contribution in [2.45, 2.75) is 128 Å². The third kappa shape index (κ3) is 6.04. The number of hydrogen-bond acceptors (Lipinski definition) is 8. The molecule has 5 rings (SSSR count). The molecule has 0 aromatic rings. The molecule has 0 aliphatic carbocycles. The van der Waals surface area contributed by atoms with Crippen LogP contribution in [-0.4, -0.2) is 71.4 Å². The Morgan fingerprint density at radius 2 is 2.05 bits per heavy atom. The summed E-state index contributed by atoms with van der Waals surface area (Å²) in [6.07, 6.45) is 15.0. The quantitative estimate of drug-likeness (QED) is 0.205. The monoisotopic (exact) mass is 546 g/mol. The average molecular weight is 547 g/mol. The van der Waals surface area contributed by atoms with Crippen molar-refractivity contribution in [2.75, 3.05) is 13.2 Å². The van der Waals surface area contributed by atoms with Crippen molar-refractivity contribution in [3.63, 3.8) is 0 Å². The Hall–Kier alpha value is -2.39. The van der Waals surface area contributed by atoms with Gasteiger partial charge in [-0.15, -0.1) is 0 Å². The molecule has 218 valence electrons. The van der Waals surface area contributed by atoms with E-state index in [9.17, 15) is 9.59 Å². The lowest BCUT2D eigenvalue weighted by Crippen LogP contribution is -2.76. The van der Waals surface area contributed by atoms with Gasteiger partial charge in [-0.2, -0.15) is 0 Å². The van der Waals surface area contributed by atoms with Crippen molar-refractivity contribution in [1.82, 2.24) is 10.6 Å². The number of rotatable bonds is 8. The van der Waals surface area contributed by atoms with E-state index in [1.54, 1.807) is 0 Å². The third-order valence-corrected chi connectivity index (χ3v) is 8.73. The minimum atomic E-state index is -0.832. The van der Waals surface area contributed by atoms with Crippen LogP contribution in [0.1, 0.15) is 91.9 Å². The van der Waals surface area contributed by atoms with Crippen LogP contribution in [-0.2, 0) is 28.5 Å².